The molecule has 3 aromatic heterocycles. The fraction of sp³-hybridized carbons (Fsp3) is 0. The Balaban J connectivity index is 1.87. The summed E-state index contributed by atoms with van der Waals surface area (Å²) in [6, 6.07) is 26.3. The lowest BCUT2D eigenvalue weighted by Crippen LogP contribution is -2.21. The lowest BCUT2D eigenvalue weighted by molar-refractivity contribution is 0.998. The average Bonchev–Trinajstić information content (AvgIpc) is 2.84. The summed E-state index contributed by atoms with van der Waals surface area (Å²) in [5, 5.41) is 10.5. The number of hydrogen-bond donors (Lipinski definition) is 0. The molecule has 5 nitrogen and oxygen atoms in total. The Morgan fingerprint density at radius 1 is 0.806 bits per heavy atom. The van der Waals surface area contributed by atoms with Gasteiger partial charge in [0, 0.05) is 40.7 Å². The zero-order valence-electron chi connectivity index (χ0n) is 16.4. The number of para-hydroxylation sites is 1. The van der Waals surface area contributed by atoms with Crippen LogP contribution in [0, 0.1) is 11.3 Å². The second-order valence-electron chi connectivity index (χ2n) is 7.04. The largest absolute Gasteiger partial charge is 0.281 e. The molecule has 31 heavy (non-hydrogen) atoms. The lowest BCUT2D eigenvalue weighted by atomic mass is 9.99. The minimum atomic E-state index is -0.222. The van der Waals surface area contributed by atoms with E-state index in [0.29, 0.717) is 22.4 Å². The summed E-state index contributed by atoms with van der Waals surface area (Å²) in [6.45, 7) is 0. The van der Waals surface area contributed by atoms with Crippen LogP contribution in [0.15, 0.2) is 102 Å². The number of benzene rings is 2. The maximum atomic E-state index is 13.7. The molecule has 0 aliphatic rings. The van der Waals surface area contributed by atoms with Crippen LogP contribution in [0.5, 0.6) is 0 Å². The standard InChI is InChI=1S/C26H16N4O/c27-16-19-7-1-2-10-21(19)22-15-20(23-11-3-4-13-28-23)17-30(26(22)31)24-12-5-8-18-9-6-14-29-25(18)24/h1-15,17H. The number of rotatable bonds is 3. The van der Waals surface area contributed by atoms with Crippen LogP contribution in [0.3, 0.4) is 0 Å². The molecule has 0 radical (unpaired) electrons. The van der Waals surface area contributed by atoms with Gasteiger partial charge in [-0.3, -0.25) is 19.3 Å². The zero-order valence-corrected chi connectivity index (χ0v) is 16.4. The van der Waals surface area contributed by atoms with Crippen LogP contribution in [-0.2, 0) is 0 Å². The monoisotopic (exact) mass is 400 g/mol. The minimum absolute atomic E-state index is 0.222. The maximum Gasteiger partial charge on any atom is 0.263 e. The molecule has 0 amide bonds. The molecule has 0 saturated heterocycles. The Labute approximate surface area is 178 Å². The molecule has 2 aromatic carbocycles. The van der Waals surface area contributed by atoms with Crippen molar-refractivity contribution >= 4 is 10.9 Å². The molecular formula is C26H16N4O. The van der Waals surface area contributed by atoms with Crippen LogP contribution < -0.4 is 5.56 Å². The van der Waals surface area contributed by atoms with E-state index < -0.39 is 0 Å². The van der Waals surface area contributed by atoms with E-state index in [4.69, 9.17) is 0 Å². The van der Waals surface area contributed by atoms with Gasteiger partial charge in [0.05, 0.1) is 28.5 Å². The number of aromatic nitrogens is 3. The molecule has 0 aliphatic heterocycles. The quantitative estimate of drug-likeness (QED) is 0.428. The van der Waals surface area contributed by atoms with Crippen molar-refractivity contribution in [3.63, 3.8) is 0 Å². The molecule has 3 heterocycles. The van der Waals surface area contributed by atoms with Crippen molar-refractivity contribution in [2.45, 2.75) is 0 Å². The average molecular weight is 400 g/mol. The molecule has 0 spiro atoms. The highest BCUT2D eigenvalue weighted by molar-refractivity contribution is 5.87. The third-order valence-corrected chi connectivity index (χ3v) is 5.19. The predicted octanol–water partition coefficient (Wildman–Crippen LogP) is 4.99. The topological polar surface area (TPSA) is 71.6 Å². The highest BCUT2D eigenvalue weighted by Crippen LogP contribution is 2.27. The van der Waals surface area contributed by atoms with Gasteiger partial charge < -0.3 is 0 Å². The fourth-order valence-corrected chi connectivity index (χ4v) is 3.73. The van der Waals surface area contributed by atoms with Gasteiger partial charge in [-0.05, 0) is 36.4 Å². The third kappa shape index (κ3) is 3.26. The van der Waals surface area contributed by atoms with E-state index in [-0.39, 0.29) is 5.56 Å². The number of pyridine rings is 3. The molecule has 0 bridgehead atoms. The first-order valence-corrected chi connectivity index (χ1v) is 9.78. The summed E-state index contributed by atoms with van der Waals surface area (Å²) < 4.78 is 1.60. The van der Waals surface area contributed by atoms with Crippen LogP contribution in [-0.4, -0.2) is 14.5 Å². The highest BCUT2D eigenvalue weighted by Gasteiger charge is 2.16. The lowest BCUT2D eigenvalue weighted by Gasteiger charge is -2.14. The highest BCUT2D eigenvalue weighted by atomic mass is 16.1. The molecule has 146 valence electrons. The molecular weight excluding hydrogens is 384 g/mol. The van der Waals surface area contributed by atoms with E-state index in [2.05, 4.69) is 16.0 Å². The van der Waals surface area contributed by atoms with Crippen LogP contribution in [0.25, 0.3) is 39.0 Å². The van der Waals surface area contributed by atoms with Gasteiger partial charge in [-0.2, -0.15) is 5.26 Å². The van der Waals surface area contributed by atoms with E-state index in [1.807, 2.05) is 54.6 Å². The summed E-state index contributed by atoms with van der Waals surface area (Å²) in [6.07, 6.45) is 5.21. The summed E-state index contributed by atoms with van der Waals surface area (Å²) in [4.78, 5) is 22.6. The summed E-state index contributed by atoms with van der Waals surface area (Å²) >= 11 is 0. The molecule has 0 N–H and O–H groups in total. The maximum absolute atomic E-state index is 13.7. The molecule has 0 atom stereocenters. The van der Waals surface area contributed by atoms with Crippen molar-refractivity contribution in [1.82, 2.24) is 14.5 Å². The van der Waals surface area contributed by atoms with Gasteiger partial charge in [-0.25, -0.2) is 0 Å². The number of nitriles is 1. The van der Waals surface area contributed by atoms with Crippen LogP contribution in [0.2, 0.25) is 0 Å². The van der Waals surface area contributed by atoms with Gasteiger partial charge in [-0.1, -0.05) is 42.5 Å². The molecule has 0 unspecified atom stereocenters. The van der Waals surface area contributed by atoms with Crippen molar-refractivity contribution in [2.24, 2.45) is 0 Å². The molecule has 0 aliphatic carbocycles. The number of hydrogen-bond acceptors (Lipinski definition) is 4. The van der Waals surface area contributed by atoms with Crippen molar-refractivity contribution in [1.29, 1.82) is 5.26 Å². The zero-order chi connectivity index (χ0) is 21.2. The van der Waals surface area contributed by atoms with Gasteiger partial charge in [0.25, 0.3) is 5.56 Å². The fourth-order valence-electron chi connectivity index (χ4n) is 3.73. The van der Waals surface area contributed by atoms with Crippen molar-refractivity contribution in [3.05, 3.63) is 113 Å². The number of nitrogens with zero attached hydrogens (tertiary/aromatic N) is 4. The van der Waals surface area contributed by atoms with E-state index in [9.17, 15) is 10.1 Å². The normalized spacial score (nSPS) is 10.7. The number of fused-ring (bicyclic) bond motifs is 1. The first kappa shape index (κ1) is 18.5. The van der Waals surface area contributed by atoms with Crippen molar-refractivity contribution in [3.8, 4) is 34.1 Å². The Morgan fingerprint density at radius 3 is 2.45 bits per heavy atom. The smallest absolute Gasteiger partial charge is 0.263 e. The molecule has 5 aromatic rings. The van der Waals surface area contributed by atoms with Crippen LogP contribution in [0.1, 0.15) is 5.56 Å². The van der Waals surface area contributed by atoms with E-state index in [1.54, 1.807) is 47.4 Å². The van der Waals surface area contributed by atoms with Crippen molar-refractivity contribution < 1.29 is 0 Å². The second-order valence-corrected chi connectivity index (χ2v) is 7.04. The molecule has 0 saturated carbocycles. The molecule has 5 rings (SSSR count). The molecule has 0 fully saturated rings. The van der Waals surface area contributed by atoms with Crippen LogP contribution in [0.4, 0.5) is 0 Å². The first-order valence-electron chi connectivity index (χ1n) is 9.78. The predicted molar refractivity (Wildman–Crippen MR) is 121 cm³/mol. The first-order chi connectivity index (χ1) is 15.3. The van der Waals surface area contributed by atoms with E-state index in [1.165, 1.54) is 0 Å². The van der Waals surface area contributed by atoms with Gasteiger partial charge in [0.15, 0.2) is 0 Å². The van der Waals surface area contributed by atoms with Crippen LogP contribution >= 0.6 is 0 Å². The second kappa shape index (κ2) is 7.69. The molecule has 5 heteroatoms. The van der Waals surface area contributed by atoms with Gasteiger partial charge in [0.1, 0.15) is 0 Å². The Kier molecular flexibility index (Phi) is 4.58. The van der Waals surface area contributed by atoms with E-state index in [0.717, 1.165) is 22.2 Å². The Hall–Kier alpha value is -4.56. The SMILES string of the molecule is N#Cc1ccccc1-c1cc(-c2ccccn2)cn(-c2cccc3cccnc23)c1=O. The van der Waals surface area contributed by atoms with Gasteiger partial charge >= 0.3 is 0 Å². The van der Waals surface area contributed by atoms with Gasteiger partial charge in [0.2, 0.25) is 0 Å². The van der Waals surface area contributed by atoms with Gasteiger partial charge in [-0.15, -0.1) is 0 Å². The summed E-state index contributed by atoms with van der Waals surface area (Å²) in [7, 11) is 0. The Bertz CT molecular complexity index is 1510. The minimum Gasteiger partial charge on any atom is -0.281 e. The Morgan fingerprint density at radius 2 is 1.61 bits per heavy atom. The van der Waals surface area contributed by atoms with E-state index >= 15 is 0 Å². The van der Waals surface area contributed by atoms with Crippen molar-refractivity contribution in [2.75, 3.05) is 0 Å². The third-order valence-electron chi connectivity index (χ3n) is 5.19. The summed E-state index contributed by atoms with van der Waals surface area (Å²) in [5.74, 6) is 0. The summed E-state index contributed by atoms with van der Waals surface area (Å²) in [5.41, 5.74) is 4.17.